The average Bonchev–Trinajstić information content (AvgIpc) is 2.30. The van der Waals surface area contributed by atoms with Crippen LogP contribution in [0.5, 0.6) is 0 Å². The number of ether oxygens (including phenoxy) is 1. The molecule has 0 bridgehead atoms. The van der Waals surface area contributed by atoms with Crippen LogP contribution in [0, 0.1) is 0 Å². The first kappa shape index (κ1) is 13.8. The van der Waals surface area contributed by atoms with Crippen molar-refractivity contribution in [3.8, 4) is 0 Å². The number of hydrogen-bond acceptors (Lipinski definition) is 3. The highest BCUT2D eigenvalue weighted by Crippen LogP contribution is 2.24. The zero-order valence-electron chi connectivity index (χ0n) is 8.93. The van der Waals surface area contributed by atoms with E-state index in [1.807, 2.05) is 0 Å². The zero-order valence-corrected chi connectivity index (χ0v) is 10.5. The van der Waals surface area contributed by atoms with Crippen LogP contribution in [0.1, 0.15) is 23.2 Å². The summed E-state index contributed by atoms with van der Waals surface area (Å²) in [6.45, 7) is 0. The van der Waals surface area contributed by atoms with Crippen LogP contribution in [0.4, 0.5) is 8.78 Å². The Morgan fingerprint density at radius 3 is 2.71 bits per heavy atom. The minimum Gasteiger partial charge on any atom is -0.469 e. The van der Waals surface area contributed by atoms with E-state index in [4.69, 9.17) is 0 Å². The number of halogens is 3. The van der Waals surface area contributed by atoms with Gasteiger partial charge in [0.05, 0.1) is 13.5 Å². The lowest BCUT2D eigenvalue weighted by atomic mass is 10.0. The van der Waals surface area contributed by atoms with Crippen molar-refractivity contribution in [1.29, 1.82) is 0 Å². The van der Waals surface area contributed by atoms with Gasteiger partial charge in [0.2, 0.25) is 5.56 Å². The molecular formula is C10H10BrF2NO3. The standard InChI is InChI=1S/C10H10BrF2NO3/c1-17-9(16)3-5-6(10(12)13)2-8(15)14-7(5)4-11/h2,10H,3-4H2,1H3,(H,14,15). The Kier molecular flexibility index (Phi) is 4.80. The van der Waals surface area contributed by atoms with E-state index in [0.29, 0.717) is 0 Å². The fourth-order valence-electron chi connectivity index (χ4n) is 1.40. The van der Waals surface area contributed by atoms with Crippen LogP contribution in [-0.2, 0) is 21.3 Å². The van der Waals surface area contributed by atoms with Crippen LogP contribution in [0.2, 0.25) is 0 Å². The molecule has 0 spiro atoms. The Balaban J connectivity index is 3.31. The van der Waals surface area contributed by atoms with E-state index in [2.05, 4.69) is 25.7 Å². The van der Waals surface area contributed by atoms with Crippen LogP contribution in [0.3, 0.4) is 0 Å². The van der Waals surface area contributed by atoms with Gasteiger partial charge in [0, 0.05) is 22.7 Å². The minimum absolute atomic E-state index is 0.100. The highest BCUT2D eigenvalue weighted by Gasteiger charge is 2.20. The van der Waals surface area contributed by atoms with Crippen LogP contribution >= 0.6 is 15.9 Å². The monoisotopic (exact) mass is 309 g/mol. The molecule has 0 fully saturated rings. The molecule has 0 aromatic carbocycles. The van der Waals surface area contributed by atoms with Gasteiger partial charge in [-0.15, -0.1) is 0 Å². The molecule has 94 valence electrons. The molecule has 1 N–H and O–H groups in total. The summed E-state index contributed by atoms with van der Waals surface area (Å²) in [5.74, 6) is -0.638. The van der Waals surface area contributed by atoms with Crippen LogP contribution in [0.15, 0.2) is 10.9 Å². The van der Waals surface area contributed by atoms with Crippen LogP contribution < -0.4 is 5.56 Å². The molecule has 0 aliphatic heterocycles. The van der Waals surface area contributed by atoms with E-state index in [9.17, 15) is 18.4 Å². The number of aromatic nitrogens is 1. The molecule has 7 heteroatoms. The number of pyridine rings is 1. The Morgan fingerprint density at radius 1 is 1.59 bits per heavy atom. The second kappa shape index (κ2) is 5.90. The fraction of sp³-hybridized carbons (Fsp3) is 0.400. The molecule has 17 heavy (non-hydrogen) atoms. The summed E-state index contributed by atoms with van der Waals surface area (Å²) in [6.07, 6.45) is -3.11. The van der Waals surface area contributed by atoms with E-state index in [-0.39, 0.29) is 23.0 Å². The van der Waals surface area contributed by atoms with Gasteiger partial charge in [-0.2, -0.15) is 0 Å². The topological polar surface area (TPSA) is 59.2 Å². The van der Waals surface area contributed by atoms with Crippen molar-refractivity contribution in [2.75, 3.05) is 7.11 Å². The second-order valence-electron chi connectivity index (χ2n) is 3.23. The van der Waals surface area contributed by atoms with Gasteiger partial charge in [-0.1, -0.05) is 15.9 Å². The van der Waals surface area contributed by atoms with Crippen LogP contribution in [-0.4, -0.2) is 18.1 Å². The zero-order chi connectivity index (χ0) is 13.0. The fourth-order valence-corrected chi connectivity index (χ4v) is 1.88. The van der Waals surface area contributed by atoms with Gasteiger partial charge in [-0.3, -0.25) is 9.59 Å². The lowest BCUT2D eigenvalue weighted by Gasteiger charge is -2.11. The van der Waals surface area contributed by atoms with Crippen molar-refractivity contribution in [1.82, 2.24) is 4.98 Å². The minimum atomic E-state index is -2.81. The summed E-state index contributed by atoms with van der Waals surface area (Å²) in [6, 6.07) is 0.801. The first-order valence-corrected chi connectivity index (χ1v) is 5.77. The van der Waals surface area contributed by atoms with Gasteiger partial charge >= 0.3 is 5.97 Å². The number of hydrogen-bond donors (Lipinski definition) is 1. The molecular weight excluding hydrogens is 300 g/mol. The van der Waals surface area contributed by atoms with E-state index in [1.165, 1.54) is 7.11 Å². The van der Waals surface area contributed by atoms with Gasteiger partial charge in [-0.25, -0.2) is 8.78 Å². The van der Waals surface area contributed by atoms with Gasteiger partial charge in [0.1, 0.15) is 0 Å². The SMILES string of the molecule is COC(=O)Cc1c(C(F)F)cc(=O)[nH]c1CBr. The largest absolute Gasteiger partial charge is 0.469 e. The number of rotatable bonds is 4. The number of nitrogens with one attached hydrogen (secondary N) is 1. The molecule has 0 saturated heterocycles. The Labute approximate surface area is 104 Å². The molecule has 1 heterocycles. The lowest BCUT2D eigenvalue weighted by molar-refractivity contribution is -0.139. The molecule has 4 nitrogen and oxygen atoms in total. The summed E-state index contributed by atoms with van der Waals surface area (Å²) in [7, 11) is 1.17. The highest BCUT2D eigenvalue weighted by molar-refractivity contribution is 9.08. The normalized spacial score (nSPS) is 10.6. The number of esters is 1. The van der Waals surface area contributed by atoms with Crippen molar-refractivity contribution >= 4 is 21.9 Å². The van der Waals surface area contributed by atoms with Crippen molar-refractivity contribution < 1.29 is 18.3 Å². The molecule has 0 amide bonds. The number of alkyl halides is 3. The van der Waals surface area contributed by atoms with E-state index in [0.717, 1.165) is 6.07 Å². The summed E-state index contributed by atoms with van der Waals surface area (Å²) in [5, 5.41) is 0.176. The van der Waals surface area contributed by atoms with E-state index < -0.39 is 23.5 Å². The maximum Gasteiger partial charge on any atom is 0.310 e. The molecule has 0 unspecified atom stereocenters. The van der Waals surface area contributed by atoms with Gasteiger partial charge in [-0.05, 0) is 5.56 Å². The van der Waals surface area contributed by atoms with Crippen molar-refractivity contribution in [3.63, 3.8) is 0 Å². The molecule has 0 saturated carbocycles. The maximum absolute atomic E-state index is 12.8. The van der Waals surface area contributed by atoms with Gasteiger partial charge in [0.15, 0.2) is 0 Å². The van der Waals surface area contributed by atoms with E-state index in [1.54, 1.807) is 0 Å². The first-order chi connectivity index (χ1) is 7.99. The predicted molar refractivity (Wildman–Crippen MR) is 60.4 cm³/mol. The van der Waals surface area contributed by atoms with Gasteiger partial charge in [0.25, 0.3) is 6.43 Å². The summed E-state index contributed by atoms with van der Waals surface area (Å²) in [4.78, 5) is 24.7. The third-order valence-electron chi connectivity index (χ3n) is 2.19. The van der Waals surface area contributed by atoms with E-state index >= 15 is 0 Å². The van der Waals surface area contributed by atoms with Gasteiger partial charge < -0.3 is 9.72 Å². The number of methoxy groups -OCH3 is 1. The maximum atomic E-state index is 12.8. The second-order valence-corrected chi connectivity index (χ2v) is 3.79. The molecule has 0 aliphatic rings. The number of H-pyrrole nitrogens is 1. The van der Waals surface area contributed by atoms with Crippen LogP contribution in [0.25, 0.3) is 0 Å². The number of carbonyl (C=O) groups is 1. The summed E-state index contributed by atoms with van der Waals surface area (Å²) < 4.78 is 29.9. The Morgan fingerprint density at radius 2 is 2.24 bits per heavy atom. The average molecular weight is 310 g/mol. The molecule has 0 aliphatic carbocycles. The molecule has 0 atom stereocenters. The van der Waals surface area contributed by atoms with Crippen molar-refractivity contribution in [2.24, 2.45) is 0 Å². The quantitative estimate of drug-likeness (QED) is 0.683. The third-order valence-corrected chi connectivity index (χ3v) is 2.75. The third kappa shape index (κ3) is 3.36. The molecule has 1 aromatic rings. The predicted octanol–water partition coefficient (Wildman–Crippen LogP) is 1.92. The smallest absolute Gasteiger partial charge is 0.310 e. The highest BCUT2D eigenvalue weighted by atomic mass is 79.9. The first-order valence-electron chi connectivity index (χ1n) is 4.65. The Bertz CT molecular complexity index is 473. The Hall–Kier alpha value is -1.24. The van der Waals surface area contributed by atoms with Crippen molar-refractivity contribution in [2.45, 2.75) is 18.2 Å². The lowest BCUT2D eigenvalue weighted by Crippen LogP contribution is -2.17. The molecule has 0 radical (unpaired) electrons. The van der Waals surface area contributed by atoms with Crippen molar-refractivity contribution in [3.05, 3.63) is 33.2 Å². The molecule has 1 aromatic heterocycles. The summed E-state index contributed by atoms with van der Waals surface area (Å²) >= 11 is 3.07. The number of aromatic amines is 1. The number of carbonyl (C=O) groups excluding carboxylic acids is 1. The summed E-state index contributed by atoms with van der Waals surface area (Å²) in [5.41, 5.74) is -0.696. The molecule has 1 rings (SSSR count).